The molecule has 0 spiro atoms. The van der Waals surface area contributed by atoms with Crippen molar-refractivity contribution in [2.24, 2.45) is 0 Å². The van der Waals surface area contributed by atoms with E-state index in [1.807, 2.05) is 12.1 Å². The van der Waals surface area contributed by atoms with Gasteiger partial charge in [0.25, 0.3) is 0 Å². The van der Waals surface area contributed by atoms with Crippen LogP contribution in [-0.2, 0) is 12.8 Å². The third-order valence-corrected chi connectivity index (χ3v) is 3.18. The lowest BCUT2D eigenvalue weighted by Gasteiger charge is -2.07. The number of benzene rings is 1. The summed E-state index contributed by atoms with van der Waals surface area (Å²) in [7, 11) is 0. The number of rotatable bonds is 3. The predicted molar refractivity (Wildman–Crippen MR) is 62.8 cm³/mol. The SMILES string of the molecule is Clc1cc(CCCBr)c2c(c1)CCO2. The molecule has 0 radical (unpaired) electrons. The van der Waals surface area contributed by atoms with Crippen LogP contribution in [0.25, 0.3) is 0 Å². The number of alkyl halides is 1. The molecule has 0 amide bonds. The van der Waals surface area contributed by atoms with Gasteiger partial charge < -0.3 is 4.74 Å². The van der Waals surface area contributed by atoms with Crippen LogP contribution in [0.4, 0.5) is 0 Å². The Balaban J connectivity index is 2.29. The molecule has 0 saturated carbocycles. The molecule has 1 aliphatic heterocycles. The summed E-state index contributed by atoms with van der Waals surface area (Å²) < 4.78 is 5.61. The van der Waals surface area contributed by atoms with Crippen molar-refractivity contribution in [3.05, 3.63) is 28.3 Å². The summed E-state index contributed by atoms with van der Waals surface area (Å²) in [6.07, 6.45) is 3.15. The van der Waals surface area contributed by atoms with Crippen LogP contribution in [0.2, 0.25) is 5.02 Å². The summed E-state index contributed by atoms with van der Waals surface area (Å²) in [6.45, 7) is 0.803. The van der Waals surface area contributed by atoms with Gasteiger partial charge in [-0.1, -0.05) is 27.5 Å². The minimum atomic E-state index is 0.803. The van der Waals surface area contributed by atoms with E-state index in [1.165, 1.54) is 11.1 Å². The Bertz CT molecular complexity index is 338. The first-order valence-corrected chi connectivity index (χ1v) is 6.31. The Hall–Kier alpha value is -0.210. The molecule has 1 nitrogen and oxygen atoms in total. The van der Waals surface area contributed by atoms with Crippen LogP contribution >= 0.6 is 27.5 Å². The lowest BCUT2D eigenvalue weighted by molar-refractivity contribution is 0.353. The van der Waals surface area contributed by atoms with E-state index < -0.39 is 0 Å². The summed E-state index contributed by atoms with van der Waals surface area (Å²) in [4.78, 5) is 0. The quantitative estimate of drug-likeness (QED) is 0.766. The van der Waals surface area contributed by atoms with Gasteiger partial charge in [0.15, 0.2) is 0 Å². The number of ether oxygens (including phenoxy) is 1. The van der Waals surface area contributed by atoms with E-state index in [9.17, 15) is 0 Å². The van der Waals surface area contributed by atoms with Gasteiger partial charge in [-0.25, -0.2) is 0 Å². The van der Waals surface area contributed by atoms with Crippen LogP contribution in [0.1, 0.15) is 17.5 Å². The van der Waals surface area contributed by atoms with Crippen molar-refractivity contribution >= 4 is 27.5 Å². The highest BCUT2D eigenvalue weighted by molar-refractivity contribution is 9.09. The third-order valence-electron chi connectivity index (χ3n) is 2.41. The molecule has 0 N–H and O–H groups in total. The Morgan fingerprint density at radius 2 is 2.29 bits per heavy atom. The van der Waals surface area contributed by atoms with Gasteiger partial charge in [-0.05, 0) is 36.1 Å². The van der Waals surface area contributed by atoms with Gasteiger partial charge in [0.2, 0.25) is 0 Å². The van der Waals surface area contributed by atoms with Gasteiger partial charge in [0.1, 0.15) is 5.75 Å². The van der Waals surface area contributed by atoms with Gasteiger partial charge in [0, 0.05) is 16.8 Å². The molecule has 3 heteroatoms. The molecular formula is C11H12BrClO. The Morgan fingerprint density at radius 3 is 3.07 bits per heavy atom. The zero-order chi connectivity index (χ0) is 9.97. The van der Waals surface area contributed by atoms with Crippen molar-refractivity contribution in [3.8, 4) is 5.75 Å². The molecule has 1 heterocycles. The molecule has 0 aliphatic carbocycles. The first kappa shape index (κ1) is 10.3. The summed E-state index contributed by atoms with van der Waals surface area (Å²) in [6, 6.07) is 4.04. The Kier molecular flexibility index (Phi) is 3.34. The topological polar surface area (TPSA) is 9.23 Å². The fourth-order valence-corrected chi connectivity index (χ4v) is 2.33. The first-order chi connectivity index (χ1) is 6.81. The number of hydrogen-bond donors (Lipinski definition) is 0. The van der Waals surface area contributed by atoms with Crippen molar-refractivity contribution in [3.63, 3.8) is 0 Å². The molecule has 0 aromatic heterocycles. The highest BCUT2D eigenvalue weighted by Crippen LogP contribution is 2.33. The second-order valence-electron chi connectivity index (χ2n) is 3.44. The standard InChI is InChI=1S/C11H12BrClO/c12-4-1-2-8-6-10(13)7-9-3-5-14-11(8)9/h6-7H,1-5H2. The van der Waals surface area contributed by atoms with Crippen LogP contribution in [0.15, 0.2) is 12.1 Å². The van der Waals surface area contributed by atoms with Crippen LogP contribution in [0.3, 0.4) is 0 Å². The van der Waals surface area contributed by atoms with E-state index >= 15 is 0 Å². The normalized spacial score (nSPS) is 13.9. The zero-order valence-corrected chi connectivity index (χ0v) is 10.2. The van der Waals surface area contributed by atoms with Crippen LogP contribution in [-0.4, -0.2) is 11.9 Å². The van der Waals surface area contributed by atoms with E-state index in [0.29, 0.717) is 0 Å². The highest BCUT2D eigenvalue weighted by atomic mass is 79.9. The molecular weight excluding hydrogens is 263 g/mol. The van der Waals surface area contributed by atoms with Gasteiger partial charge in [-0.15, -0.1) is 0 Å². The van der Waals surface area contributed by atoms with Crippen molar-refractivity contribution in [2.45, 2.75) is 19.3 Å². The first-order valence-electron chi connectivity index (χ1n) is 4.81. The number of hydrogen-bond acceptors (Lipinski definition) is 1. The average Bonchev–Trinajstić information content (AvgIpc) is 2.61. The van der Waals surface area contributed by atoms with Crippen LogP contribution < -0.4 is 4.74 Å². The fraction of sp³-hybridized carbons (Fsp3) is 0.455. The number of aryl methyl sites for hydroxylation is 1. The molecule has 76 valence electrons. The van der Waals surface area contributed by atoms with E-state index in [0.717, 1.165) is 42.0 Å². The Morgan fingerprint density at radius 1 is 1.43 bits per heavy atom. The molecule has 14 heavy (non-hydrogen) atoms. The number of halogens is 2. The fourth-order valence-electron chi connectivity index (χ4n) is 1.79. The summed E-state index contributed by atoms with van der Waals surface area (Å²) in [5.74, 6) is 1.08. The smallest absolute Gasteiger partial charge is 0.125 e. The summed E-state index contributed by atoms with van der Waals surface area (Å²) in [5.41, 5.74) is 2.52. The van der Waals surface area contributed by atoms with Crippen molar-refractivity contribution in [1.29, 1.82) is 0 Å². The maximum absolute atomic E-state index is 6.04. The minimum Gasteiger partial charge on any atom is -0.493 e. The molecule has 0 atom stereocenters. The maximum Gasteiger partial charge on any atom is 0.125 e. The third kappa shape index (κ3) is 2.06. The molecule has 0 unspecified atom stereocenters. The predicted octanol–water partition coefficient (Wildman–Crippen LogP) is 3.60. The lowest BCUT2D eigenvalue weighted by atomic mass is 10.0. The van der Waals surface area contributed by atoms with Gasteiger partial charge in [0.05, 0.1) is 6.61 Å². The molecule has 1 aromatic rings. The van der Waals surface area contributed by atoms with Crippen molar-refractivity contribution in [1.82, 2.24) is 0 Å². The highest BCUT2D eigenvalue weighted by Gasteiger charge is 2.16. The zero-order valence-electron chi connectivity index (χ0n) is 7.85. The van der Waals surface area contributed by atoms with E-state index in [1.54, 1.807) is 0 Å². The second kappa shape index (κ2) is 4.54. The average molecular weight is 276 g/mol. The monoisotopic (exact) mass is 274 g/mol. The lowest BCUT2D eigenvalue weighted by Crippen LogP contribution is -1.93. The maximum atomic E-state index is 6.04. The van der Waals surface area contributed by atoms with E-state index in [-0.39, 0.29) is 0 Å². The van der Waals surface area contributed by atoms with Crippen LogP contribution in [0.5, 0.6) is 5.75 Å². The van der Waals surface area contributed by atoms with Gasteiger partial charge in [-0.2, -0.15) is 0 Å². The molecule has 0 fully saturated rings. The number of fused-ring (bicyclic) bond motifs is 1. The molecule has 1 aliphatic rings. The van der Waals surface area contributed by atoms with Gasteiger partial charge >= 0.3 is 0 Å². The molecule has 2 rings (SSSR count). The van der Waals surface area contributed by atoms with Gasteiger partial charge in [-0.3, -0.25) is 0 Å². The minimum absolute atomic E-state index is 0.803. The van der Waals surface area contributed by atoms with Crippen molar-refractivity contribution < 1.29 is 4.74 Å². The van der Waals surface area contributed by atoms with Crippen LogP contribution in [0, 0.1) is 0 Å². The second-order valence-corrected chi connectivity index (χ2v) is 4.67. The summed E-state index contributed by atoms with van der Waals surface area (Å²) in [5, 5.41) is 1.85. The Labute approximate surface area is 97.5 Å². The van der Waals surface area contributed by atoms with E-state index in [4.69, 9.17) is 16.3 Å². The largest absolute Gasteiger partial charge is 0.493 e. The molecule has 0 bridgehead atoms. The summed E-state index contributed by atoms with van der Waals surface area (Å²) >= 11 is 9.47. The van der Waals surface area contributed by atoms with E-state index in [2.05, 4.69) is 15.9 Å². The molecule has 0 saturated heterocycles. The molecule has 1 aromatic carbocycles. The van der Waals surface area contributed by atoms with Crippen molar-refractivity contribution in [2.75, 3.05) is 11.9 Å².